The Hall–Kier alpha value is -2.96. The van der Waals surface area contributed by atoms with Gasteiger partial charge in [0.05, 0.1) is 24.2 Å². The van der Waals surface area contributed by atoms with Crippen LogP contribution in [-0.4, -0.2) is 56.9 Å². The van der Waals surface area contributed by atoms with Gasteiger partial charge < -0.3 is 14.8 Å². The molecule has 0 radical (unpaired) electrons. The van der Waals surface area contributed by atoms with E-state index in [1.807, 2.05) is 0 Å². The van der Waals surface area contributed by atoms with Crippen LogP contribution in [0.4, 0.5) is 9.80 Å². The van der Waals surface area contributed by atoms with Gasteiger partial charge in [0.25, 0.3) is 5.91 Å². The monoisotopic (exact) mass is 481 g/mol. The third-order valence-corrected chi connectivity index (χ3v) is 7.56. The second-order valence-electron chi connectivity index (χ2n) is 6.78. The molecule has 1 aliphatic rings. The lowest BCUT2D eigenvalue weighted by atomic mass is 10.2. The fourth-order valence-corrected chi connectivity index (χ4v) is 5.72. The summed E-state index contributed by atoms with van der Waals surface area (Å²) in [6.07, 6.45) is -0.0287. The summed E-state index contributed by atoms with van der Waals surface area (Å²) < 4.78 is 37.1. The van der Waals surface area contributed by atoms with E-state index in [-0.39, 0.29) is 28.6 Å². The van der Waals surface area contributed by atoms with Crippen molar-refractivity contribution in [1.82, 2.24) is 9.62 Å². The molecule has 12 heteroatoms. The molecule has 1 fully saturated rings. The van der Waals surface area contributed by atoms with E-state index in [9.17, 15) is 22.8 Å². The number of ether oxygens (including phenoxy) is 2. The fourth-order valence-electron chi connectivity index (χ4n) is 3.28. The first-order valence-corrected chi connectivity index (χ1v) is 12.1. The molecule has 2 heterocycles. The van der Waals surface area contributed by atoms with E-state index in [1.165, 1.54) is 37.4 Å². The van der Waals surface area contributed by atoms with Gasteiger partial charge in [0.1, 0.15) is 16.8 Å². The molecule has 0 spiro atoms. The molecule has 1 saturated heterocycles. The second kappa shape index (κ2) is 10.1. The van der Waals surface area contributed by atoms with E-state index >= 15 is 0 Å². The van der Waals surface area contributed by atoms with E-state index in [0.29, 0.717) is 18.6 Å². The van der Waals surface area contributed by atoms with Crippen molar-refractivity contribution in [3.63, 3.8) is 0 Å². The van der Waals surface area contributed by atoms with Crippen LogP contribution in [0.15, 0.2) is 40.6 Å². The van der Waals surface area contributed by atoms with Crippen LogP contribution in [0, 0.1) is 0 Å². The fraction of sp³-hybridized carbons (Fsp3) is 0.350. The Kier molecular flexibility index (Phi) is 7.48. The van der Waals surface area contributed by atoms with Crippen LogP contribution in [0.2, 0.25) is 0 Å². The molecule has 32 heavy (non-hydrogen) atoms. The van der Waals surface area contributed by atoms with Gasteiger partial charge in [0.15, 0.2) is 0 Å². The quantitative estimate of drug-likeness (QED) is 0.621. The van der Waals surface area contributed by atoms with Crippen molar-refractivity contribution in [2.75, 3.05) is 25.6 Å². The highest BCUT2D eigenvalue weighted by Crippen LogP contribution is 2.29. The Labute approximate surface area is 189 Å². The van der Waals surface area contributed by atoms with Gasteiger partial charge in [-0.2, -0.15) is 4.31 Å². The van der Waals surface area contributed by atoms with Crippen molar-refractivity contribution in [3.05, 3.63) is 41.3 Å². The lowest BCUT2D eigenvalue weighted by molar-refractivity contribution is -0.119. The van der Waals surface area contributed by atoms with Crippen LogP contribution in [0.1, 0.15) is 30.1 Å². The molecule has 0 bridgehead atoms. The number of benzene rings is 1. The van der Waals surface area contributed by atoms with Crippen LogP contribution >= 0.6 is 11.3 Å². The van der Waals surface area contributed by atoms with Gasteiger partial charge in [-0.1, -0.05) is 0 Å². The van der Waals surface area contributed by atoms with Gasteiger partial charge >= 0.3 is 6.09 Å². The third kappa shape index (κ3) is 5.09. The SMILES string of the molecule is CCOC(=O)NC(=O)c1ccsc1NC(=O)C1CCCN1S(=O)(=O)c1ccc(OC)cc1. The van der Waals surface area contributed by atoms with Gasteiger partial charge in [0, 0.05) is 6.54 Å². The van der Waals surface area contributed by atoms with Crippen LogP contribution in [0.25, 0.3) is 0 Å². The Morgan fingerprint density at radius 1 is 1.19 bits per heavy atom. The van der Waals surface area contributed by atoms with Crippen molar-refractivity contribution >= 4 is 44.3 Å². The number of alkyl carbamates (subject to hydrolysis) is 1. The van der Waals surface area contributed by atoms with E-state index in [4.69, 9.17) is 4.74 Å². The molecule has 1 unspecified atom stereocenters. The standard InChI is InChI=1S/C20H23N3O7S2/c1-3-30-20(26)22-17(24)15-10-12-31-19(15)21-18(25)16-5-4-11-23(16)32(27,28)14-8-6-13(29-2)7-9-14/h6-10,12,16H,3-5,11H2,1-2H3,(H,21,25)(H,22,24,26). The minimum Gasteiger partial charge on any atom is -0.497 e. The molecule has 3 rings (SSSR count). The Morgan fingerprint density at radius 3 is 2.56 bits per heavy atom. The number of methoxy groups -OCH3 is 1. The Morgan fingerprint density at radius 2 is 1.91 bits per heavy atom. The first kappa shape index (κ1) is 23.7. The number of carbonyl (C=O) groups is 3. The Bertz CT molecular complexity index is 1100. The molecule has 1 atom stereocenters. The average molecular weight is 482 g/mol. The number of anilines is 1. The number of hydrogen-bond acceptors (Lipinski definition) is 8. The Balaban J connectivity index is 1.75. The maximum absolute atomic E-state index is 13.1. The predicted octanol–water partition coefficient (Wildman–Crippen LogP) is 2.43. The van der Waals surface area contributed by atoms with Crippen molar-refractivity contribution in [2.24, 2.45) is 0 Å². The minimum atomic E-state index is -3.91. The molecule has 172 valence electrons. The molecule has 2 aromatic rings. The smallest absolute Gasteiger partial charge is 0.414 e. The summed E-state index contributed by atoms with van der Waals surface area (Å²) in [6.45, 7) is 1.91. The molecule has 3 amide bonds. The largest absolute Gasteiger partial charge is 0.497 e. The van der Waals surface area contributed by atoms with Crippen LogP contribution in [-0.2, 0) is 19.6 Å². The van der Waals surface area contributed by atoms with Crippen molar-refractivity contribution in [1.29, 1.82) is 0 Å². The predicted molar refractivity (Wildman–Crippen MR) is 117 cm³/mol. The number of rotatable bonds is 7. The van der Waals surface area contributed by atoms with Gasteiger partial charge in [-0.3, -0.25) is 14.9 Å². The normalized spacial score (nSPS) is 16.4. The van der Waals surface area contributed by atoms with Crippen LogP contribution in [0.5, 0.6) is 5.75 Å². The summed E-state index contributed by atoms with van der Waals surface area (Å²) in [4.78, 5) is 36.8. The summed E-state index contributed by atoms with van der Waals surface area (Å²) >= 11 is 1.09. The topological polar surface area (TPSA) is 131 Å². The molecule has 1 aromatic heterocycles. The van der Waals surface area contributed by atoms with Gasteiger partial charge in [-0.15, -0.1) is 11.3 Å². The molecule has 1 aliphatic heterocycles. The first-order chi connectivity index (χ1) is 15.3. The van der Waals surface area contributed by atoms with Gasteiger partial charge in [-0.05, 0) is 55.5 Å². The summed E-state index contributed by atoms with van der Waals surface area (Å²) in [7, 11) is -2.42. The summed E-state index contributed by atoms with van der Waals surface area (Å²) in [6, 6.07) is 6.47. The molecular formula is C20H23N3O7S2. The summed E-state index contributed by atoms with van der Waals surface area (Å²) in [5.41, 5.74) is 0.0824. The number of hydrogen-bond donors (Lipinski definition) is 2. The van der Waals surface area contributed by atoms with Crippen molar-refractivity contribution in [3.8, 4) is 5.75 Å². The first-order valence-electron chi connectivity index (χ1n) is 9.80. The van der Waals surface area contributed by atoms with E-state index < -0.39 is 34.0 Å². The van der Waals surface area contributed by atoms with Crippen LogP contribution in [0.3, 0.4) is 0 Å². The number of imide groups is 1. The van der Waals surface area contributed by atoms with E-state index in [1.54, 1.807) is 12.3 Å². The van der Waals surface area contributed by atoms with Gasteiger partial charge in [-0.25, -0.2) is 13.2 Å². The molecule has 10 nitrogen and oxygen atoms in total. The lowest BCUT2D eigenvalue weighted by Crippen LogP contribution is -2.43. The minimum absolute atomic E-state index is 0.0589. The molecule has 0 saturated carbocycles. The maximum atomic E-state index is 13.1. The molecule has 1 aromatic carbocycles. The summed E-state index contributed by atoms with van der Waals surface area (Å²) in [5.74, 6) is -0.757. The summed E-state index contributed by atoms with van der Waals surface area (Å²) in [5, 5.41) is 6.49. The molecule has 2 N–H and O–H groups in total. The van der Waals surface area contributed by atoms with Crippen LogP contribution < -0.4 is 15.4 Å². The number of thiophene rings is 1. The number of carbonyl (C=O) groups excluding carboxylic acids is 3. The zero-order valence-electron chi connectivity index (χ0n) is 17.5. The number of nitrogens with one attached hydrogen (secondary N) is 2. The average Bonchev–Trinajstić information content (AvgIpc) is 3.44. The number of nitrogens with zero attached hydrogens (tertiary/aromatic N) is 1. The molecular weight excluding hydrogens is 458 g/mol. The highest BCUT2D eigenvalue weighted by molar-refractivity contribution is 7.89. The highest BCUT2D eigenvalue weighted by Gasteiger charge is 2.39. The third-order valence-electron chi connectivity index (χ3n) is 4.81. The van der Waals surface area contributed by atoms with Crippen molar-refractivity contribution < 1.29 is 32.3 Å². The zero-order chi connectivity index (χ0) is 23.3. The number of sulfonamides is 1. The van der Waals surface area contributed by atoms with E-state index in [2.05, 4.69) is 15.4 Å². The second-order valence-corrected chi connectivity index (χ2v) is 9.58. The van der Waals surface area contributed by atoms with Gasteiger partial charge in [0.2, 0.25) is 15.9 Å². The van der Waals surface area contributed by atoms with Crippen molar-refractivity contribution in [2.45, 2.75) is 30.7 Å². The maximum Gasteiger partial charge on any atom is 0.414 e. The highest BCUT2D eigenvalue weighted by atomic mass is 32.2. The lowest BCUT2D eigenvalue weighted by Gasteiger charge is -2.23. The van der Waals surface area contributed by atoms with E-state index in [0.717, 1.165) is 15.6 Å². The zero-order valence-corrected chi connectivity index (χ0v) is 19.1. The molecule has 0 aliphatic carbocycles. The number of amides is 3.